The van der Waals surface area contributed by atoms with Crippen LogP contribution in [0.1, 0.15) is 16.9 Å². The van der Waals surface area contributed by atoms with Crippen molar-refractivity contribution < 1.29 is 23.6 Å². The van der Waals surface area contributed by atoms with Crippen molar-refractivity contribution in [1.82, 2.24) is 15.0 Å². The maximum Gasteiger partial charge on any atom is 0.276 e. The van der Waals surface area contributed by atoms with Gasteiger partial charge in [0, 0.05) is 56.4 Å². The third kappa shape index (κ3) is 5.72. The van der Waals surface area contributed by atoms with Crippen molar-refractivity contribution in [2.75, 3.05) is 53.1 Å². The highest BCUT2D eigenvalue weighted by Crippen LogP contribution is 2.30. The van der Waals surface area contributed by atoms with E-state index in [0.717, 1.165) is 0 Å². The third-order valence-corrected chi connectivity index (χ3v) is 5.29. The highest BCUT2D eigenvalue weighted by atomic mass is 35.5. The van der Waals surface area contributed by atoms with Gasteiger partial charge in [-0.1, -0.05) is 28.4 Å². The second-order valence-electron chi connectivity index (χ2n) is 6.73. The van der Waals surface area contributed by atoms with Crippen LogP contribution in [0.3, 0.4) is 0 Å². The zero-order valence-electron chi connectivity index (χ0n) is 16.6. The molecule has 0 radical (unpaired) electrons. The molecular weight excluding hydrogens is 433 g/mol. The smallest absolute Gasteiger partial charge is 0.276 e. The first-order chi connectivity index (χ1) is 14.5. The summed E-state index contributed by atoms with van der Waals surface area (Å²) in [6.07, 6.45) is 0.211. The SMILES string of the molecule is COCCN(CCC(=O)N1CCOCC1)C(=O)c1cc(-c2ccc(Cl)cc2Cl)on1. The molecule has 2 amide bonds. The van der Waals surface area contributed by atoms with Gasteiger partial charge in [-0.2, -0.15) is 0 Å². The Balaban J connectivity index is 1.68. The quantitative estimate of drug-likeness (QED) is 0.607. The van der Waals surface area contributed by atoms with Crippen molar-refractivity contribution in [1.29, 1.82) is 0 Å². The summed E-state index contributed by atoms with van der Waals surface area (Å²) in [5.74, 6) is 0.000296. The molecule has 30 heavy (non-hydrogen) atoms. The van der Waals surface area contributed by atoms with Gasteiger partial charge in [0.15, 0.2) is 11.5 Å². The maximum atomic E-state index is 13.0. The molecule has 0 aliphatic carbocycles. The van der Waals surface area contributed by atoms with Crippen LogP contribution >= 0.6 is 23.2 Å². The number of nitrogens with zero attached hydrogens (tertiary/aromatic N) is 3. The Bertz CT molecular complexity index is 883. The first kappa shape index (κ1) is 22.6. The summed E-state index contributed by atoms with van der Waals surface area (Å²) in [6.45, 7) is 3.13. The monoisotopic (exact) mass is 455 g/mol. The minimum absolute atomic E-state index is 0.0118. The summed E-state index contributed by atoms with van der Waals surface area (Å²) in [4.78, 5) is 28.7. The minimum Gasteiger partial charge on any atom is -0.383 e. The molecule has 0 spiro atoms. The zero-order chi connectivity index (χ0) is 21.5. The summed E-state index contributed by atoms with van der Waals surface area (Å²) in [7, 11) is 1.55. The van der Waals surface area contributed by atoms with Gasteiger partial charge >= 0.3 is 0 Å². The molecule has 10 heteroatoms. The summed E-state index contributed by atoms with van der Waals surface area (Å²) in [5, 5.41) is 4.78. The van der Waals surface area contributed by atoms with Crippen LogP contribution in [0.4, 0.5) is 0 Å². The molecule has 2 heterocycles. The molecule has 2 aromatic rings. The first-order valence-electron chi connectivity index (χ1n) is 9.55. The van der Waals surface area contributed by atoms with Gasteiger partial charge in [-0.3, -0.25) is 9.59 Å². The number of ether oxygens (including phenoxy) is 2. The number of carbonyl (C=O) groups excluding carboxylic acids is 2. The van der Waals surface area contributed by atoms with E-state index in [2.05, 4.69) is 5.16 Å². The first-order valence-corrected chi connectivity index (χ1v) is 10.3. The van der Waals surface area contributed by atoms with Crippen LogP contribution in [0.2, 0.25) is 10.0 Å². The Hall–Kier alpha value is -2.13. The van der Waals surface area contributed by atoms with Gasteiger partial charge in [-0.15, -0.1) is 0 Å². The normalized spacial score (nSPS) is 14.0. The molecule has 0 bridgehead atoms. The van der Waals surface area contributed by atoms with Gasteiger partial charge in [-0.05, 0) is 18.2 Å². The van der Waals surface area contributed by atoms with E-state index in [-0.39, 0.29) is 30.5 Å². The van der Waals surface area contributed by atoms with Crippen LogP contribution in [0.15, 0.2) is 28.8 Å². The number of carbonyl (C=O) groups is 2. The Morgan fingerprint density at radius 2 is 1.97 bits per heavy atom. The van der Waals surface area contributed by atoms with E-state index < -0.39 is 0 Å². The lowest BCUT2D eigenvalue weighted by molar-refractivity contribution is -0.135. The lowest BCUT2D eigenvalue weighted by atomic mass is 10.1. The number of rotatable bonds is 8. The van der Waals surface area contributed by atoms with E-state index in [9.17, 15) is 9.59 Å². The number of aromatic nitrogens is 1. The van der Waals surface area contributed by atoms with Crippen LogP contribution < -0.4 is 0 Å². The fourth-order valence-corrected chi connectivity index (χ4v) is 3.57. The standard InChI is InChI=1S/C20H23Cl2N3O5/c1-28-9-6-25(5-4-19(26)24-7-10-29-11-8-24)20(27)17-13-18(30-23-17)15-3-2-14(21)12-16(15)22/h2-3,12-13H,4-11H2,1H3. The molecule has 1 aromatic carbocycles. The Labute approximate surface area is 184 Å². The van der Waals surface area contributed by atoms with E-state index in [0.29, 0.717) is 60.8 Å². The molecule has 1 aromatic heterocycles. The summed E-state index contributed by atoms with van der Waals surface area (Å²) in [5.41, 5.74) is 0.712. The van der Waals surface area contributed by atoms with E-state index in [1.165, 1.54) is 11.0 Å². The topological polar surface area (TPSA) is 85.1 Å². The molecule has 1 aliphatic rings. The Morgan fingerprint density at radius 1 is 1.20 bits per heavy atom. The summed E-state index contributed by atoms with van der Waals surface area (Å²) in [6, 6.07) is 6.49. The minimum atomic E-state index is -0.345. The van der Waals surface area contributed by atoms with Crippen molar-refractivity contribution in [2.45, 2.75) is 6.42 Å². The van der Waals surface area contributed by atoms with E-state index in [1.54, 1.807) is 30.2 Å². The van der Waals surface area contributed by atoms with E-state index in [4.69, 9.17) is 37.2 Å². The average molecular weight is 456 g/mol. The molecule has 3 rings (SSSR count). The van der Waals surface area contributed by atoms with Gasteiger partial charge < -0.3 is 23.8 Å². The van der Waals surface area contributed by atoms with Crippen molar-refractivity contribution in [3.63, 3.8) is 0 Å². The molecule has 1 fully saturated rings. The number of methoxy groups -OCH3 is 1. The Morgan fingerprint density at radius 3 is 2.67 bits per heavy atom. The van der Waals surface area contributed by atoms with Gasteiger partial charge in [-0.25, -0.2) is 0 Å². The van der Waals surface area contributed by atoms with Gasteiger partial charge in [0.25, 0.3) is 5.91 Å². The van der Waals surface area contributed by atoms with Crippen LogP contribution in [-0.2, 0) is 14.3 Å². The number of amides is 2. The van der Waals surface area contributed by atoms with Crippen molar-refractivity contribution in [3.05, 3.63) is 40.0 Å². The molecule has 1 aliphatic heterocycles. The van der Waals surface area contributed by atoms with Gasteiger partial charge in [0.1, 0.15) is 0 Å². The molecule has 0 N–H and O–H groups in total. The molecule has 1 saturated heterocycles. The molecule has 8 nitrogen and oxygen atoms in total. The molecule has 0 saturated carbocycles. The van der Waals surface area contributed by atoms with Gasteiger partial charge in [0.05, 0.1) is 24.8 Å². The highest BCUT2D eigenvalue weighted by Gasteiger charge is 2.23. The van der Waals surface area contributed by atoms with E-state index >= 15 is 0 Å². The summed E-state index contributed by atoms with van der Waals surface area (Å²) < 4.78 is 15.7. The summed E-state index contributed by atoms with van der Waals surface area (Å²) >= 11 is 12.1. The van der Waals surface area contributed by atoms with Crippen molar-refractivity contribution in [3.8, 4) is 11.3 Å². The number of morpholine rings is 1. The average Bonchev–Trinajstić information content (AvgIpc) is 3.23. The molecule has 162 valence electrons. The van der Waals surface area contributed by atoms with Crippen LogP contribution in [0.5, 0.6) is 0 Å². The Kier molecular flexibility index (Phi) is 8.09. The number of benzene rings is 1. The predicted octanol–water partition coefficient (Wildman–Crippen LogP) is 2.99. The van der Waals surface area contributed by atoms with Gasteiger partial charge in [0.2, 0.25) is 5.91 Å². The number of hydrogen-bond acceptors (Lipinski definition) is 6. The lowest BCUT2D eigenvalue weighted by Crippen LogP contribution is -2.43. The van der Waals surface area contributed by atoms with Crippen LogP contribution in [0, 0.1) is 0 Å². The third-order valence-electron chi connectivity index (χ3n) is 4.74. The number of halogens is 2. The fraction of sp³-hybridized carbons (Fsp3) is 0.450. The van der Waals surface area contributed by atoms with Crippen LogP contribution in [-0.4, -0.2) is 79.9 Å². The molecule has 0 unspecified atom stereocenters. The van der Waals surface area contributed by atoms with E-state index in [1.807, 2.05) is 0 Å². The fourth-order valence-electron chi connectivity index (χ4n) is 3.07. The van der Waals surface area contributed by atoms with Crippen molar-refractivity contribution >= 4 is 35.0 Å². The zero-order valence-corrected chi connectivity index (χ0v) is 18.1. The number of hydrogen-bond donors (Lipinski definition) is 0. The maximum absolute atomic E-state index is 13.0. The predicted molar refractivity (Wildman–Crippen MR) is 112 cm³/mol. The lowest BCUT2D eigenvalue weighted by Gasteiger charge is -2.28. The largest absolute Gasteiger partial charge is 0.383 e. The molecular formula is C20H23Cl2N3O5. The molecule has 0 atom stereocenters. The highest BCUT2D eigenvalue weighted by molar-refractivity contribution is 6.36. The van der Waals surface area contributed by atoms with Crippen LogP contribution in [0.25, 0.3) is 11.3 Å². The second kappa shape index (κ2) is 10.8. The second-order valence-corrected chi connectivity index (χ2v) is 7.57. The van der Waals surface area contributed by atoms with Crippen molar-refractivity contribution in [2.24, 2.45) is 0 Å².